The summed E-state index contributed by atoms with van der Waals surface area (Å²) in [5.74, 6) is 0. The highest BCUT2D eigenvalue weighted by Crippen LogP contribution is 2.38. The highest BCUT2D eigenvalue weighted by atomic mass is 79.9. The summed E-state index contributed by atoms with van der Waals surface area (Å²) in [5, 5.41) is 3.73. The molecule has 0 spiro atoms. The Morgan fingerprint density at radius 1 is 1.00 bits per heavy atom. The third kappa shape index (κ3) is 2.07. The molecule has 2 aromatic rings. The lowest BCUT2D eigenvalue weighted by Crippen LogP contribution is -2.07. The number of halogens is 1. The number of anilines is 1. The van der Waals surface area contributed by atoms with Gasteiger partial charge in [0.1, 0.15) is 0 Å². The van der Waals surface area contributed by atoms with Gasteiger partial charge in [-0.15, -0.1) is 0 Å². The zero-order valence-electron chi connectivity index (χ0n) is 11.5. The van der Waals surface area contributed by atoms with Crippen LogP contribution in [-0.2, 0) is 19.3 Å². The molecule has 4 rings (SSSR count). The summed E-state index contributed by atoms with van der Waals surface area (Å²) in [6.07, 6.45) is 6.18. The van der Waals surface area contributed by atoms with Crippen LogP contribution in [0.2, 0.25) is 0 Å². The lowest BCUT2D eigenvalue weighted by molar-refractivity contribution is 0.761. The van der Waals surface area contributed by atoms with E-state index in [9.17, 15) is 0 Å². The molecular formula is C18H18BrN. The molecule has 0 heterocycles. The van der Waals surface area contributed by atoms with Crippen LogP contribution < -0.4 is 5.32 Å². The molecule has 1 N–H and O–H groups in total. The van der Waals surface area contributed by atoms with E-state index in [1.54, 1.807) is 11.1 Å². The van der Waals surface area contributed by atoms with Crippen molar-refractivity contribution in [3.63, 3.8) is 0 Å². The van der Waals surface area contributed by atoms with Gasteiger partial charge in [0.25, 0.3) is 0 Å². The molecule has 0 radical (unpaired) electrons. The maximum atomic E-state index is 3.73. The summed E-state index contributed by atoms with van der Waals surface area (Å²) in [4.78, 5) is 0. The molecule has 2 heteroatoms. The fourth-order valence-electron chi connectivity index (χ4n) is 3.62. The molecular weight excluding hydrogens is 310 g/mol. The highest BCUT2D eigenvalue weighted by Gasteiger charge is 2.24. The number of hydrogen-bond acceptors (Lipinski definition) is 1. The van der Waals surface area contributed by atoms with Gasteiger partial charge in [0.2, 0.25) is 0 Å². The maximum Gasteiger partial charge on any atom is 0.0520 e. The summed E-state index contributed by atoms with van der Waals surface area (Å²) in [6.45, 7) is 0. The smallest absolute Gasteiger partial charge is 0.0520 e. The molecule has 0 amide bonds. The zero-order valence-corrected chi connectivity index (χ0v) is 13.0. The van der Waals surface area contributed by atoms with Gasteiger partial charge < -0.3 is 5.32 Å². The Bertz CT molecular complexity index is 662. The number of benzene rings is 2. The largest absolute Gasteiger partial charge is 0.378 e. The van der Waals surface area contributed by atoms with E-state index in [4.69, 9.17) is 0 Å². The number of nitrogens with one attached hydrogen (secondary N) is 1. The molecule has 0 aromatic heterocycles. The molecule has 2 aromatic carbocycles. The van der Waals surface area contributed by atoms with E-state index in [-0.39, 0.29) is 0 Å². The van der Waals surface area contributed by atoms with Gasteiger partial charge in [0.05, 0.1) is 6.04 Å². The van der Waals surface area contributed by atoms with Crippen molar-refractivity contribution in [3.8, 4) is 0 Å². The second kappa shape index (κ2) is 4.92. The van der Waals surface area contributed by atoms with Crippen molar-refractivity contribution in [2.75, 3.05) is 5.32 Å². The first-order chi connectivity index (χ1) is 9.81. The van der Waals surface area contributed by atoms with E-state index in [0.29, 0.717) is 6.04 Å². The highest BCUT2D eigenvalue weighted by molar-refractivity contribution is 9.10. The van der Waals surface area contributed by atoms with Crippen molar-refractivity contribution in [2.24, 2.45) is 0 Å². The van der Waals surface area contributed by atoms with Gasteiger partial charge in [0, 0.05) is 10.2 Å². The van der Waals surface area contributed by atoms with Gasteiger partial charge in [-0.1, -0.05) is 34.1 Å². The first kappa shape index (κ1) is 12.5. The Kier molecular flexibility index (Phi) is 3.07. The first-order valence-electron chi connectivity index (χ1n) is 7.47. The number of aryl methyl sites for hydroxylation is 2. The average molecular weight is 328 g/mol. The van der Waals surface area contributed by atoms with Crippen LogP contribution in [0, 0.1) is 0 Å². The van der Waals surface area contributed by atoms with Gasteiger partial charge >= 0.3 is 0 Å². The van der Waals surface area contributed by atoms with Crippen LogP contribution in [0.15, 0.2) is 40.9 Å². The molecule has 0 saturated carbocycles. The van der Waals surface area contributed by atoms with Gasteiger partial charge in [-0.25, -0.2) is 0 Å². The molecule has 1 atom stereocenters. The summed E-state index contributed by atoms with van der Waals surface area (Å²) in [5.41, 5.74) is 7.31. The van der Waals surface area contributed by atoms with Crippen molar-refractivity contribution >= 4 is 21.6 Å². The summed E-state index contributed by atoms with van der Waals surface area (Å²) < 4.78 is 1.26. The Hall–Kier alpha value is -1.28. The lowest BCUT2D eigenvalue weighted by atomic mass is 10.1. The molecule has 1 unspecified atom stereocenters. The van der Waals surface area contributed by atoms with E-state index < -0.39 is 0 Å². The van der Waals surface area contributed by atoms with Gasteiger partial charge in [-0.2, -0.15) is 0 Å². The molecule has 2 aliphatic rings. The zero-order chi connectivity index (χ0) is 13.5. The molecule has 102 valence electrons. The Morgan fingerprint density at radius 3 is 2.85 bits per heavy atom. The van der Waals surface area contributed by atoms with Crippen molar-refractivity contribution < 1.29 is 0 Å². The van der Waals surface area contributed by atoms with E-state index in [1.807, 2.05) is 0 Å². The third-order valence-corrected chi connectivity index (χ3v) is 5.40. The maximum absolute atomic E-state index is 3.73. The van der Waals surface area contributed by atoms with Crippen LogP contribution >= 0.6 is 15.9 Å². The van der Waals surface area contributed by atoms with E-state index in [1.165, 1.54) is 53.4 Å². The fraction of sp³-hybridized carbons (Fsp3) is 0.333. The second-order valence-electron chi connectivity index (χ2n) is 5.88. The predicted octanol–water partition coefficient (Wildman–Crippen LogP) is 5.04. The Balaban J connectivity index is 1.61. The number of hydrogen-bond donors (Lipinski definition) is 1. The minimum absolute atomic E-state index is 0.460. The number of rotatable bonds is 2. The van der Waals surface area contributed by atoms with Crippen molar-refractivity contribution in [3.05, 3.63) is 63.1 Å². The van der Waals surface area contributed by atoms with Crippen LogP contribution in [0.1, 0.15) is 41.1 Å². The first-order valence-corrected chi connectivity index (χ1v) is 8.26. The molecule has 1 nitrogen and oxygen atoms in total. The molecule has 0 bridgehead atoms. The SMILES string of the molecule is Brc1cccc2c1CCC2Nc1ccc2c(c1)CCC2. The van der Waals surface area contributed by atoms with E-state index >= 15 is 0 Å². The Labute approximate surface area is 128 Å². The van der Waals surface area contributed by atoms with E-state index in [2.05, 4.69) is 57.6 Å². The van der Waals surface area contributed by atoms with Gasteiger partial charge in [-0.05, 0) is 72.6 Å². The van der Waals surface area contributed by atoms with Gasteiger partial charge in [-0.3, -0.25) is 0 Å². The van der Waals surface area contributed by atoms with Gasteiger partial charge in [0.15, 0.2) is 0 Å². The minimum Gasteiger partial charge on any atom is -0.378 e. The molecule has 0 saturated heterocycles. The fourth-order valence-corrected chi connectivity index (χ4v) is 4.20. The summed E-state index contributed by atoms with van der Waals surface area (Å²) in [6, 6.07) is 13.9. The lowest BCUT2D eigenvalue weighted by Gasteiger charge is -2.16. The van der Waals surface area contributed by atoms with Crippen LogP contribution in [-0.4, -0.2) is 0 Å². The third-order valence-electron chi connectivity index (χ3n) is 4.65. The van der Waals surface area contributed by atoms with Crippen LogP contribution in [0.25, 0.3) is 0 Å². The van der Waals surface area contributed by atoms with Crippen LogP contribution in [0.5, 0.6) is 0 Å². The topological polar surface area (TPSA) is 12.0 Å². The minimum atomic E-state index is 0.460. The van der Waals surface area contributed by atoms with Crippen LogP contribution in [0.4, 0.5) is 5.69 Å². The predicted molar refractivity (Wildman–Crippen MR) is 87.3 cm³/mol. The van der Waals surface area contributed by atoms with E-state index in [0.717, 1.165) is 0 Å². The molecule has 20 heavy (non-hydrogen) atoms. The number of fused-ring (bicyclic) bond motifs is 2. The molecule has 0 fully saturated rings. The normalized spacial score (nSPS) is 19.8. The molecule has 2 aliphatic carbocycles. The summed E-state index contributed by atoms with van der Waals surface area (Å²) >= 11 is 3.67. The standard InChI is InChI=1S/C18H18BrN/c19-17-6-2-5-16-15(17)9-10-18(16)20-14-8-7-12-3-1-4-13(12)11-14/h2,5-8,11,18,20H,1,3-4,9-10H2. The van der Waals surface area contributed by atoms with Crippen LogP contribution in [0.3, 0.4) is 0 Å². The summed E-state index contributed by atoms with van der Waals surface area (Å²) in [7, 11) is 0. The quantitative estimate of drug-likeness (QED) is 0.815. The Morgan fingerprint density at radius 2 is 1.90 bits per heavy atom. The van der Waals surface area contributed by atoms with Crippen molar-refractivity contribution in [2.45, 2.75) is 38.1 Å². The second-order valence-corrected chi connectivity index (χ2v) is 6.73. The molecule has 0 aliphatic heterocycles. The van der Waals surface area contributed by atoms with Crippen molar-refractivity contribution in [1.29, 1.82) is 0 Å². The monoisotopic (exact) mass is 327 g/mol. The average Bonchev–Trinajstić information content (AvgIpc) is 3.06. The van der Waals surface area contributed by atoms with Crippen molar-refractivity contribution in [1.82, 2.24) is 0 Å².